The van der Waals surface area contributed by atoms with Gasteiger partial charge in [-0.3, -0.25) is 19.2 Å². The Morgan fingerprint density at radius 1 is 0.929 bits per heavy atom. The molecule has 8 heteroatoms. The second kappa shape index (κ2) is 9.03. The number of hydrogen-bond donors (Lipinski definition) is 4. The van der Waals surface area contributed by atoms with Gasteiger partial charge < -0.3 is 21.7 Å². The van der Waals surface area contributed by atoms with E-state index in [0.717, 1.165) is 37.7 Å². The van der Waals surface area contributed by atoms with Crippen LogP contribution in [-0.2, 0) is 19.2 Å². The molecule has 0 saturated carbocycles. The highest BCUT2D eigenvalue weighted by atomic mass is 16.4. The van der Waals surface area contributed by atoms with E-state index in [4.69, 9.17) is 11.5 Å². The van der Waals surface area contributed by atoms with Crippen LogP contribution in [0.4, 0.5) is 0 Å². The zero-order chi connectivity index (χ0) is 20.9. The van der Waals surface area contributed by atoms with Gasteiger partial charge in [-0.15, -0.1) is 0 Å². The number of carbonyl (C=O) groups is 4. The Morgan fingerprint density at radius 3 is 2.14 bits per heavy atom. The molecule has 6 N–H and O–H groups in total. The average Bonchev–Trinajstić information content (AvgIpc) is 2.54. The first-order valence-electron chi connectivity index (χ1n) is 9.73. The molecule has 2 aliphatic rings. The van der Waals surface area contributed by atoms with Crippen molar-refractivity contribution in [2.75, 3.05) is 0 Å². The number of carboxylic acids is 2. The van der Waals surface area contributed by atoms with Gasteiger partial charge in [-0.05, 0) is 56.1 Å². The van der Waals surface area contributed by atoms with E-state index in [9.17, 15) is 29.4 Å². The molecule has 2 aliphatic carbocycles. The number of carbonyl (C=O) groups excluding carboxylic acids is 2. The van der Waals surface area contributed by atoms with Gasteiger partial charge in [-0.2, -0.15) is 0 Å². The summed E-state index contributed by atoms with van der Waals surface area (Å²) < 4.78 is 0. The number of carboxylic acid groups (broad SMARTS) is 2. The van der Waals surface area contributed by atoms with Crippen molar-refractivity contribution < 1.29 is 29.4 Å². The molecule has 154 valence electrons. The Labute approximate surface area is 163 Å². The number of rotatable bonds is 5. The maximum Gasteiger partial charge on any atom is 0.324 e. The number of hydrogen-bond acceptors (Lipinski definition) is 4. The van der Waals surface area contributed by atoms with Crippen LogP contribution >= 0.6 is 0 Å². The largest absolute Gasteiger partial charge is 0.481 e. The number of primary amides is 2. The molecule has 2 amide bonds. The first kappa shape index (κ1) is 21.7. The van der Waals surface area contributed by atoms with Gasteiger partial charge in [0.05, 0.1) is 5.92 Å². The predicted octanol–water partition coefficient (Wildman–Crippen LogP) is 1.88. The maximum absolute atomic E-state index is 12.5. The summed E-state index contributed by atoms with van der Waals surface area (Å²) in [6.07, 6.45) is 8.54. The molecule has 0 aromatic carbocycles. The van der Waals surface area contributed by atoms with Crippen LogP contribution in [-0.4, -0.2) is 34.0 Å². The van der Waals surface area contributed by atoms with Crippen LogP contribution in [0.2, 0.25) is 0 Å². The van der Waals surface area contributed by atoms with Gasteiger partial charge in [-0.1, -0.05) is 25.3 Å². The summed E-state index contributed by atoms with van der Waals surface area (Å²) in [5, 5.41) is 19.7. The zero-order valence-electron chi connectivity index (χ0n) is 15.9. The van der Waals surface area contributed by atoms with Crippen molar-refractivity contribution in [2.24, 2.45) is 22.8 Å². The summed E-state index contributed by atoms with van der Waals surface area (Å²) in [7, 11) is 0. The molecule has 0 aromatic heterocycles. The fourth-order valence-electron chi connectivity index (χ4n) is 4.50. The third-order valence-corrected chi connectivity index (χ3v) is 5.84. The van der Waals surface area contributed by atoms with Crippen LogP contribution in [0, 0.1) is 11.3 Å². The molecular weight excluding hydrogens is 364 g/mol. The Bertz CT molecular complexity index is 723. The lowest BCUT2D eigenvalue weighted by atomic mass is 9.63. The smallest absolute Gasteiger partial charge is 0.324 e. The van der Waals surface area contributed by atoms with Gasteiger partial charge in [0.15, 0.2) is 5.41 Å². The van der Waals surface area contributed by atoms with Crippen LogP contribution < -0.4 is 11.5 Å². The Kier molecular flexibility index (Phi) is 6.99. The van der Waals surface area contributed by atoms with Crippen LogP contribution in [0.25, 0.3) is 0 Å². The van der Waals surface area contributed by atoms with Crippen LogP contribution in [0.3, 0.4) is 0 Å². The summed E-state index contributed by atoms with van der Waals surface area (Å²) in [5.74, 6) is -7.35. The van der Waals surface area contributed by atoms with Crippen molar-refractivity contribution in [1.29, 1.82) is 0 Å². The lowest BCUT2D eigenvalue weighted by Gasteiger charge is -2.36. The highest BCUT2D eigenvalue weighted by Gasteiger charge is 2.60. The Morgan fingerprint density at radius 2 is 1.57 bits per heavy atom. The SMILES string of the molecule is NC(=O)/C1=C(\C2=C\CCCCCC2)CCCCC(C(=O)O)C1(C(N)=O)C(=O)O. The number of allylic oxidation sites excluding steroid dienone is 3. The monoisotopic (exact) mass is 392 g/mol. The predicted molar refractivity (Wildman–Crippen MR) is 101 cm³/mol. The van der Waals surface area contributed by atoms with Gasteiger partial charge in [0, 0.05) is 5.57 Å². The molecule has 2 unspecified atom stereocenters. The van der Waals surface area contributed by atoms with E-state index in [1.54, 1.807) is 0 Å². The van der Waals surface area contributed by atoms with Gasteiger partial charge in [-0.25, -0.2) is 0 Å². The highest BCUT2D eigenvalue weighted by Crippen LogP contribution is 2.46. The highest BCUT2D eigenvalue weighted by molar-refractivity contribution is 6.16. The van der Waals surface area contributed by atoms with E-state index in [1.165, 1.54) is 0 Å². The molecule has 2 rings (SSSR count). The molecule has 0 radical (unpaired) electrons. The molecule has 0 fully saturated rings. The third-order valence-electron chi connectivity index (χ3n) is 5.84. The van der Waals surface area contributed by atoms with Gasteiger partial charge in [0.25, 0.3) is 0 Å². The van der Waals surface area contributed by atoms with Crippen LogP contribution in [0.1, 0.15) is 64.2 Å². The second-order valence-electron chi connectivity index (χ2n) is 7.51. The lowest BCUT2D eigenvalue weighted by Crippen LogP contribution is -2.56. The molecular formula is C20H28N2O6. The minimum atomic E-state index is -2.68. The Balaban J connectivity index is 2.86. The minimum Gasteiger partial charge on any atom is -0.481 e. The molecule has 28 heavy (non-hydrogen) atoms. The number of nitrogens with two attached hydrogens (primary N) is 2. The molecule has 0 aromatic rings. The van der Waals surface area contributed by atoms with Crippen LogP contribution in [0.5, 0.6) is 0 Å². The summed E-state index contributed by atoms with van der Waals surface area (Å²) in [5.41, 5.74) is 9.10. The minimum absolute atomic E-state index is 0.0757. The van der Waals surface area contributed by atoms with Crippen molar-refractivity contribution in [1.82, 2.24) is 0 Å². The zero-order valence-corrected chi connectivity index (χ0v) is 15.9. The van der Waals surface area contributed by atoms with Gasteiger partial charge >= 0.3 is 11.9 Å². The summed E-state index contributed by atoms with van der Waals surface area (Å²) in [6, 6.07) is 0. The summed E-state index contributed by atoms with van der Waals surface area (Å²) in [4.78, 5) is 49.2. The number of aliphatic carboxylic acids is 2. The van der Waals surface area contributed by atoms with Gasteiger partial charge in [0.1, 0.15) is 0 Å². The van der Waals surface area contributed by atoms with E-state index in [1.807, 2.05) is 6.08 Å². The maximum atomic E-state index is 12.5. The molecule has 2 atom stereocenters. The summed E-state index contributed by atoms with van der Waals surface area (Å²) in [6.45, 7) is 0. The standard InChI is InChI=1S/C20H28N2O6/c21-16(23)15-13(12-8-4-2-1-3-5-9-12)10-6-7-11-14(17(24)25)20(15,18(22)26)19(27)28/h8,14H,1-7,9-11H2,(H2,21,23)(H2,22,26)(H,24,25)(H,27,28)/b12-8+,15-13+. The van der Waals surface area contributed by atoms with Crippen molar-refractivity contribution >= 4 is 23.8 Å². The van der Waals surface area contributed by atoms with E-state index in [-0.39, 0.29) is 6.42 Å². The normalized spacial score (nSPS) is 31.3. The average molecular weight is 392 g/mol. The van der Waals surface area contributed by atoms with Crippen molar-refractivity contribution in [2.45, 2.75) is 64.2 Å². The number of amides is 2. The molecule has 0 saturated heterocycles. The first-order valence-corrected chi connectivity index (χ1v) is 9.73. The molecule has 0 aliphatic heterocycles. The molecule has 0 heterocycles. The quantitative estimate of drug-likeness (QED) is 0.522. The fourth-order valence-corrected chi connectivity index (χ4v) is 4.50. The topological polar surface area (TPSA) is 161 Å². The van der Waals surface area contributed by atoms with E-state index in [0.29, 0.717) is 31.3 Å². The second-order valence-corrected chi connectivity index (χ2v) is 7.51. The lowest BCUT2D eigenvalue weighted by molar-refractivity contribution is -0.165. The Hall–Kier alpha value is -2.64. The van der Waals surface area contributed by atoms with Gasteiger partial charge in [0.2, 0.25) is 11.8 Å². The first-order chi connectivity index (χ1) is 13.2. The van der Waals surface area contributed by atoms with Crippen molar-refractivity contribution in [3.05, 3.63) is 22.8 Å². The third kappa shape index (κ3) is 3.95. The van der Waals surface area contributed by atoms with Crippen LogP contribution in [0.15, 0.2) is 22.8 Å². The van der Waals surface area contributed by atoms with E-state index >= 15 is 0 Å². The summed E-state index contributed by atoms with van der Waals surface area (Å²) >= 11 is 0. The fraction of sp³-hybridized carbons (Fsp3) is 0.600. The van der Waals surface area contributed by atoms with Crippen molar-refractivity contribution in [3.63, 3.8) is 0 Å². The molecule has 8 nitrogen and oxygen atoms in total. The van der Waals surface area contributed by atoms with Crippen molar-refractivity contribution in [3.8, 4) is 0 Å². The molecule has 0 spiro atoms. The van der Waals surface area contributed by atoms with E-state index < -0.39 is 40.7 Å². The molecule has 0 bridgehead atoms. The van der Waals surface area contributed by atoms with E-state index in [2.05, 4.69) is 0 Å².